The smallest absolute Gasteiger partial charge is 0.254 e. The zero-order chi connectivity index (χ0) is 46.0. The number of carbonyl (C=O) groups is 2. The number of nitrogens with zero attached hydrogens (tertiary/aromatic N) is 2. The summed E-state index contributed by atoms with van der Waals surface area (Å²) in [5.74, 6) is 2.11. The van der Waals surface area contributed by atoms with E-state index in [1.165, 1.54) is 24.9 Å². The quantitative estimate of drug-likeness (QED) is 0.148. The van der Waals surface area contributed by atoms with Crippen molar-refractivity contribution in [1.29, 1.82) is 0 Å². The van der Waals surface area contributed by atoms with Crippen LogP contribution >= 0.6 is 0 Å². The Morgan fingerprint density at radius 2 is 1.90 bits per heavy atom. The average Bonchev–Trinajstić information content (AvgIpc) is 4.18. The highest BCUT2D eigenvalue weighted by molar-refractivity contribution is 6.11. The van der Waals surface area contributed by atoms with Crippen molar-refractivity contribution in [2.45, 2.75) is 113 Å². The minimum atomic E-state index is -2.45. The minimum absolute atomic E-state index is 0.0335. The van der Waals surface area contributed by atoms with Crippen LogP contribution in [-0.2, 0) is 27.2 Å². The molecule has 5 aliphatic heterocycles. The molecule has 14 heteroatoms. The summed E-state index contributed by atoms with van der Waals surface area (Å²) in [5.41, 5.74) is 4.00. The second kappa shape index (κ2) is 17.6. The zero-order valence-electron chi connectivity index (χ0n) is 37.3. The molecule has 8 bridgehead atoms. The fourth-order valence-corrected chi connectivity index (χ4v) is 11.3. The molecule has 0 radical (unpaired) electrons. The number of ether oxygens (including phenoxy) is 5. The first-order valence-electron chi connectivity index (χ1n) is 23.5. The molecule has 3 fully saturated rings. The van der Waals surface area contributed by atoms with Gasteiger partial charge in [-0.25, -0.2) is 0 Å². The maximum Gasteiger partial charge on any atom is 0.254 e. The summed E-state index contributed by atoms with van der Waals surface area (Å²) in [7, 11) is 1.51. The number of nitrogens with one attached hydrogen (secondary N) is 1. The monoisotopic (exact) mass is 908 g/mol. The van der Waals surface area contributed by atoms with Crippen molar-refractivity contribution in [3.8, 4) is 29.3 Å². The molecule has 8 aliphatic rings. The van der Waals surface area contributed by atoms with Crippen LogP contribution in [0.3, 0.4) is 0 Å². The zero-order valence-corrected chi connectivity index (χ0v) is 37.3. The van der Waals surface area contributed by atoms with E-state index < -0.39 is 48.7 Å². The van der Waals surface area contributed by atoms with Crippen LogP contribution in [0.2, 0.25) is 0 Å². The third-order valence-electron chi connectivity index (χ3n) is 14.9. The number of aliphatic hydroxyl groups is 3. The lowest BCUT2D eigenvalue weighted by atomic mass is 9.86. The maximum atomic E-state index is 14.9. The van der Waals surface area contributed by atoms with Gasteiger partial charge in [-0.1, -0.05) is 43.7 Å². The van der Waals surface area contributed by atoms with E-state index in [0.29, 0.717) is 40.4 Å². The molecule has 3 aliphatic carbocycles. The first-order valence-corrected chi connectivity index (χ1v) is 23.5. The van der Waals surface area contributed by atoms with Gasteiger partial charge >= 0.3 is 0 Å². The van der Waals surface area contributed by atoms with E-state index in [0.717, 1.165) is 72.1 Å². The van der Waals surface area contributed by atoms with Crippen LogP contribution in [-0.4, -0.2) is 119 Å². The first-order chi connectivity index (χ1) is 32.6. The van der Waals surface area contributed by atoms with Gasteiger partial charge in [0.1, 0.15) is 47.2 Å². The fourth-order valence-electron chi connectivity index (χ4n) is 11.3. The van der Waals surface area contributed by atoms with Gasteiger partial charge in [0, 0.05) is 55.3 Å². The lowest BCUT2D eigenvalue weighted by Crippen LogP contribution is -2.70. The molecule has 5 N–H and O–H groups in total. The van der Waals surface area contributed by atoms with Crippen molar-refractivity contribution >= 4 is 34.8 Å². The summed E-state index contributed by atoms with van der Waals surface area (Å²) in [4.78, 5) is 35.1. The number of phenolic OH excluding ortho intramolecular Hbond substituents is 1. The number of Topliss-reactive ketones (excluding diaryl/α,β-unsaturated/α-hetero) is 1. The van der Waals surface area contributed by atoms with Crippen LogP contribution in [0, 0.1) is 18.4 Å². The highest BCUT2D eigenvalue weighted by Crippen LogP contribution is 2.50. The maximum absolute atomic E-state index is 14.9. The number of hydrogen-bond donors (Lipinski definition) is 5. The molecule has 67 heavy (non-hydrogen) atoms. The van der Waals surface area contributed by atoms with Crippen LogP contribution in [0.5, 0.6) is 17.2 Å². The van der Waals surface area contributed by atoms with E-state index in [9.17, 15) is 30.0 Å². The predicted octanol–water partition coefficient (Wildman–Crippen LogP) is 5.49. The highest BCUT2D eigenvalue weighted by Gasteiger charge is 2.59. The van der Waals surface area contributed by atoms with E-state index in [4.69, 9.17) is 28.7 Å². The molecule has 6 atom stereocenters. The molecule has 11 rings (SSSR count). The third kappa shape index (κ3) is 7.62. The average molecular weight is 909 g/mol. The van der Waals surface area contributed by atoms with Gasteiger partial charge in [0.15, 0.2) is 23.2 Å². The predicted molar refractivity (Wildman–Crippen MR) is 248 cm³/mol. The Hall–Kier alpha value is -5.92. The number of aliphatic hydroxyl groups excluding tert-OH is 2. The Balaban J connectivity index is 1.09. The van der Waals surface area contributed by atoms with Crippen molar-refractivity contribution in [3.05, 3.63) is 111 Å². The van der Waals surface area contributed by atoms with Crippen LogP contribution in [0.15, 0.2) is 76.0 Å². The number of allylic oxidation sites excluding steroid dienone is 3. The van der Waals surface area contributed by atoms with Crippen LogP contribution in [0.25, 0.3) is 16.8 Å². The first kappa shape index (κ1) is 43.6. The standard InChI is InChI=1S/C53H53N3O11/c1-63-43-22-32-21-36(30-8-2-3-9-30)46-41(58)26-56-25-39-31(10-6-14-34(39)51(56)61)11-7-19-64-50-47(59)44-27-65-42(18-16-35(43)49(45(32)48(46)60)67-52(66-44)53(50,62)28-57)38-24-55-40-17-15-29(20-37(38)40)23-54-33-12-4-5-13-33/h6,10,14-18,20-22,24,30,33,42,44,47,50,52,54,57,59,62H,2-5,8-9,11-13,23,25-28H2,1H3/p+1/b18-16+/t42-,44-,47-,50+,52-,53-/m1/s1. The van der Waals surface area contributed by atoms with E-state index in [-0.39, 0.29) is 60.4 Å². The minimum Gasteiger partial charge on any atom is -0.506 e. The molecule has 3 aromatic carbocycles. The number of aromatic hydroxyl groups is 1. The van der Waals surface area contributed by atoms with Crippen molar-refractivity contribution in [1.82, 2.24) is 10.2 Å². The van der Waals surface area contributed by atoms with Gasteiger partial charge in [0.25, 0.3) is 5.91 Å². The molecule has 1 saturated heterocycles. The summed E-state index contributed by atoms with van der Waals surface area (Å²) in [6, 6.07) is 9.47. The number of aliphatic imine (C=N–C) groups is 1. The number of methoxy groups -OCH3 is 1. The van der Waals surface area contributed by atoms with Crippen molar-refractivity contribution in [2.75, 3.05) is 33.4 Å². The molecule has 0 unspecified atom stereocenters. The number of phenols is 1. The molecule has 2 saturated carbocycles. The van der Waals surface area contributed by atoms with Gasteiger partial charge in [-0.2, -0.15) is 4.99 Å². The lowest BCUT2D eigenvalue weighted by molar-refractivity contribution is -0.327. The van der Waals surface area contributed by atoms with Gasteiger partial charge in [-0.15, -0.1) is 0 Å². The molecular weight excluding hydrogens is 855 g/mol. The van der Waals surface area contributed by atoms with E-state index in [1.54, 1.807) is 30.5 Å². The molecule has 14 nitrogen and oxygen atoms in total. The van der Waals surface area contributed by atoms with Gasteiger partial charge in [0.05, 0.1) is 55.2 Å². The molecular formula is C53H54N3O11+. The molecule has 5 heterocycles. The highest BCUT2D eigenvalue weighted by atomic mass is 16.7. The largest absolute Gasteiger partial charge is 0.506 e. The number of fused-ring (bicyclic) bond motifs is 5. The Morgan fingerprint density at radius 1 is 1.07 bits per heavy atom. The van der Waals surface area contributed by atoms with Crippen LogP contribution < -0.4 is 14.8 Å². The van der Waals surface area contributed by atoms with Crippen molar-refractivity contribution < 1.29 is 53.7 Å². The topological polar surface area (TPSA) is 189 Å². The Kier molecular flexibility index (Phi) is 11.5. The van der Waals surface area contributed by atoms with E-state index in [2.05, 4.69) is 29.8 Å². The van der Waals surface area contributed by atoms with Crippen LogP contribution in [0.1, 0.15) is 100 Å². The van der Waals surface area contributed by atoms with Crippen molar-refractivity contribution in [3.63, 3.8) is 0 Å². The molecule has 1 amide bonds. The van der Waals surface area contributed by atoms with E-state index in [1.807, 2.05) is 24.3 Å². The molecule has 0 aromatic heterocycles. The van der Waals surface area contributed by atoms with Crippen molar-refractivity contribution in [2.24, 2.45) is 4.99 Å². The number of benzene rings is 3. The molecule has 0 spiro atoms. The summed E-state index contributed by atoms with van der Waals surface area (Å²) in [5, 5.41) is 52.8. The number of hydrogen-bond acceptors (Lipinski definition) is 13. The number of carbonyl (C=O) groups excluding carboxylic acids is 2. The summed E-state index contributed by atoms with van der Waals surface area (Å²) in [6.07, 6.45) is 15.6. The van der Waals surface area contributed by atoms with E-state index >= 15 is 0 Å². The van der Waals surface area contributed by atoms with Crippen LogP contribution in [0.4, 0.5) is 0 Å². The number of amides is 1. The Morgan fingerprint density at radius 3 is 2.70 bits per heavy atom. The van der Waals surface area contributed by atoms with Gasteiger partial charge in [0.2, 0.25) is 6.29 Å². The van der Waals surface area contributed by atoms with Gasteiger partial charge < -0.3 is 54.3 Å². The Labute approximate surface area is 388 Å². The second-order valence-electron chi connectivity index (χ2n) is 18.9. The Bertz CT molecular complexity index is 2770. The lowest BCUT2D eigenvalue weighted by Gasteiger charge is -2.47. The number of ketones is 1. The van der Waals surface area contributed by atoms with Gasteiger partial charge in [-0.3, -0.25) is 9.59 Å². The molecule has 346 valence electrons. The molecule has 3 aromatic rings. The number of rotatable bonds is 7. The van der Waals surface area contributed by atoms with Gasteiger partial charge in [-0.05, 0) is 84.0 Å². The summed E-state index contributed by atoms with van der Waals surface area (Å²) in [6.45, 7) is -0.674. The summed E-state index contributed by atoms with van der Waals surface area (Å²) >= 11 is 0. The fraction of sp³-hybridized carbons (Fsp3) is 0.434. The third-order valence-corrected chi connectivity index (χ3v) is 14.9. The SMILES string of the molecule is COc1cc2cc(C3CCCC3)c3c(O)c2c2c1/C=C/[C@H](C1=C4[CH+]C(CNC5CCCC5)=CC=C4N=C1)OC[C@H]1O[C@H](O2)[C@@](O)(CO)[C@@H](OC#CCc2cccc4c2CN(CC3=O)C4=O)[C@@H]1O. The second-order valence-corrected chi connectivity index (χ2v) is 18.9. The summed E-state index contributed by atoms with van der Waals surface area (Å²) < 4.78 is 32.1. The normalized spacial score (nSPS) is 28.7.